The molecule has 1 unspecified atom stereocenters. The van der Waals surface area contributed by atoms with Crippen LogP contribution in [0.4, 0.5) is 22.7 Å². The van der Waals surface area contributed by atoms with Crippen LogP contribution in [0.25, 0.3) is 0 Å². The SMILES string of the molecule is CCOc1ccc(Nc2ccc(C(c3ccc(N(CC)Cc4cccc(C)c4)cc3)c3ccc(N(CC)Cc4cccc(S(=O)(=O)[O-])c4)cc3)cc2)cc1.[Na+]. The maximum absolute atomic E-state index is 11.7. The van der Waals surface area contributed by atoms with Crippen LogP contribution in [0.2, 0.25) is 0 Å². The largest absolute Gasteiger partial charge is 1.00 e. The van der Waals surface area contributed by atoms with E-state index in [0.29, 0.717) is 19.7 Å². The molecule has 0 bridgehead atoms. The molecule has 6 rings (SSSR count). The molecule has 0 aliphatic heterocycles. The van der Waals surface area contributed by atoms with Crippen LogP contribution in [0.3, 0.4) is 0 Å². The number of nitrogens with one attached hydrogen (secondary N) is 1. The molecule has 1 N–H and O–H groups in total. The zero-order valence-corrected chi connectivity index (χ0v) is 35.2. The minimum Gasteiger partial charge on any atom is -0.744 e. The summed E-state index contributed by atoms with van der Waals surface area (Å²) in [5.41, 5.74) is 11.0. The van der Waals surface area contributed by atoms with E-state index >= 15 is 0 Å². The minimum atomic E-state index is -4.53. The molecule has 1 atom stereocenters. The van der Waals surface area contributed by atoms with E-state index in [4.69, 9.17) is 4.74 Å². The van der Waals surface area contributed by atoms with Gasteiger partial charge in [-0.15, -0.1) is 0 Å². The van der Waals surface area contributed by atoms with Crippen molar-refractivity contribution in [1.29, 1.82) is 0 Å². The Kier molecular flexibility index (Phi) is 14.6. The van der Waals surface area contributed by atoms with Gasteiger partial charge in [0.15, 0.2) is 0 Å². The molecule has 9 heteroatoms. The second-order valence-electron chi connectivity index (χ2n) is 13.4. The zero-order valence-electron chi connectivity index (χ0n) is 32.4. The number of anilines is 4. The molecule has 55 heavy (non-hydrogen) atoms. The molecule has 0 amide bonds. The van der Waals surface area contributed by atoms with Crippen molar-refractivity contribution in [3.63, 3.8) is 0 Å². The zero-order chi connectivity index (χ0) is 38.1. The molecule has 6 aromatic rings. The monoisotopic (exact) mass is 761 g/mol. The number of hydrogen-bond donors (Lipinski definition) is 1. The van der Waals surface area contributed by atoms with Crippen molar-refractivity contribution < 1.29 is 47.3 Å². The van der Waals surface area contributed by atoms with Crippen LogP contribution in [-0.4, -0.2) is 32.7 Å². The van der Waals surface area contributed by atoms with Crippen LogP contribution in [0.5, 0.6) is 5.75 Å². The predicted octanol–water partition coefficient (Wildman–Crippen LogP) is 7.28. The topological polar surface area (TPSA) is 84.9 Å². The van der Waals surface area contributed by atoms with Gasteiger partial charge in [0.25, 0.3) is 0 Å². The third-order valence-corrected chi connectivity index (χ3v) is 10.5. The molecule has 0 aliphatic rings. The first-order valence-electron chi connectivity index (χ1n) is 18.5. The Hall–Kier alpha value is -4.57. The summed E-state index contributed by atoms with van der Waals surface area (Å²) in [5.74, 6) is 0.829. The summed E-state index contributed by atoms with van der Waals surface area (Å²) in [4.78, 5) is 4.35. The fraction of sp³-hybridized carbons (Fsp3) is 0.217. The van der Waals surface area contributed by atoms with Crippen molar-refractivity contribution in [2.75, 3.05) is 34.8 Å². The third-order valence-electron chi connectivity index (χ3n) is 9.66. The van der Waals surface area contributed by atoms with Gasteiger partial charge >= 0.3 is 29.6 Å². The molecule has 0 heterocycles. The molecule has 0 saturated carbocycles. The Bertz CT molecular complexity index is 2230. The number of ether oxygens (including phenoxy) is 1. The molecule has 6 aromatic carbocycles. The van der Waals surface area contributed by atoms with Gasteiger partial charge < -0.3 is 24.4 Å². The number of hydrogen-bond acceptors (Lipinski definition) is 7. The standard InChI is InChI=1S/C46H49N3O4S.Na/c1-5-48(32-35-11-8-10-34(4)30-35)42-24-16-38(17-25-42)46(37-14-20-40(21-15-37)47-41-22-28-44(29-23-41)53-7-3)39-18-26-43(27-19-39)49(6-2)33-36-12-9-13-45(31-36)54(50,51)52;/h8-31,46-47H,5-7,32-33H2,1-4H3,(H,50,51,52);/q;+1/p-1. The Morgan fingerprint density at radius 2 is 1.07 bits per heavy atom. The molecular weight excluding hydrogens is 714 g/mol. The van der Waals surface area contributed by atoms with Gasteiger partial charge in [-0.3, -0.25) is 0 Å². The van der Waals surface area contributed by atoms with Crippen LogP contribution in [-0.2, 0) is 23.2 Å². The first kappa shape index (κ1) is 41.6. The van der Waals surface area contributed by atoms with Gasteiger partial charge in [-0.05, 0) is 128 Å². The van der Waals surface area contributed by atoms with Gasteiger partial charge in [-0.2, -0.15) is 0 Å². The summed E-state index contributed by atoms with van der Waals surface area (Å²) < 4.78 is 40.6. The third kappa shape index (κ3) is 11.0. The van der Waals surface area contributed by atoms with Crippen molar-refractivity contribution >= 4 is 32.9 Å². The van der Waals surface area contributed by atoms with E-state index < -0.39 is 10.1 Å². The fourth-order valence-corrected chi connectivity index (χ4v) is 7.42. The van der Waals surface area contributed by atoms with Crippen molar-refractivity contribution in [2.24, 2.45) is 0 Å². The van der Waals surface area contributed by atoms with Gasteiger partial charge in [0, 0.05) is 54.8 Å². The Balaban J connectivity index is 0.00000580. The fourth-order valence-electron chi connectivity index (χ4n) is 6.88. The van der Waals surface area contributed by atoms with Crippen LogP contribution < -0.4 is 49.4 Å². The van der Waals surface area contributed by atoms with Crippen molar-refractivity contribution in [3.8, 4) is 5.75 Å². The number of rotatable bonds is 16. The number of aryl methyl sites for hydroxylation is 1. The second-order valence-corrected chi connectivity index (χ2v) is 14.8. The summed E-state index contributed by atoms with van der Waals surface area (Å²) in [6.45, 7) is 11.9. The Labute approximate surface area is 349 Å². The number of benzene rings is 6. The second kappa shape index (κ2) is 19.3. The molecule has 0 saturated heterocycles. The van der Waals surface area contributed by atoms with Gasteiger partial charge in [0.05, 0.1) is 11.5 Å². The number of nitrogens with zero attached hydrogens (tertiary/aromatic N) is 2. The van der Waals surface area contributed by atoms with Gasteiger partial charge in [0.1, 0.15) is 15.9 Å². The summed E-state index contributed by atoms with van der Waals surface area (Å²) >= 11 is 0. The molecule has 0 aliphatic carbocycles. The van der Waals surface area contributed by atoms with E-state index in [1.54, 1.807) is 6.07 Å². The normalized spacial score (nSPS) is 11.7. The smallest absolute Gasteiger partial charge is 0.744 e. The average molecular weight is 762 g/mol. The predicted molar refractivity (Wildman–Crippen MR) is 220 cm³/mol. The molecule has 0 radical (unpaired) electrons. The van der Waals surface area contributed by atoms with Crippen molar-refractivity contribution in [1.82, 2.24) is 0 Å². The van der Waals surface area contributed by atoms with Crippen LogP contribution in [0, 0.1) is 6.92 Å². The van der Waals surface area contributed by atoms with E-state index in [1.807, 2.05) is 37.3 Å². The van der Waals surface area contributed by atoms with E-state index in [1.165, 1.54) is 40.1 Å². The molecule has 278 valence electrons. The molecule has 0 aromatic heterocycles. The van der Waals surface area contributed by atoms with Gasteiger partial charge in [0.2, 0.25) is 0 Å². The van der Waals surface area contributed by atoms with Crippen LogP contribution in [0.1, 0.15) is 60.1 Å². The van der Waals surface area contributed by atoms with Crippen molar-refractivity contribution in [3.05, 3.63) is 179 Å². The summed E-state index contributed by atoms with van der Waals surface area (Å²) in [6.07, 6.45) is 0. The molecular formula is C46H48N3NaO4S. The summed E-state index contributed by atoms with van der Waals surface area (Å²) in [5, 5.41) is 3.51. The molecule has 7 nitrogen and oxygen atoms in total. The van der Waals surface area contributed by atoms with E-state index in [0.717, 1.165) is 47.0 Å². The van der Waals surface area contributed by atoms with Gasteiger partial charge in [-0.1, -0.05) is 78.4 Å². The van der Waals surface area contributed by atoms with E-state index in [2.05, 4.69) is 133 Å². The Morgan fingerprint density at radius 3 is 1.53 bits per heavy atom. The summed E-state index contributed by atoms with van der Waals surface area (Å²) in [7, 11) is -4.53. The average Bonchev–Trinajstić information content (AvgIpc) is 3.18. The first-order valence-corrected chi connectivity index (χ1v) is 19.9. The molecule has 0 spiro atoms. The quantitative estimate of drug-likeness (QED) is 0.0631. The van der Waals surface area contributed by atoms with Crippen LogP contribution in [0.15, 0.2) is 150 Å². The first-order chi connectivity index (χ1) is 26.1. The Morgan fingerprint density at radius 1 is 0.618 bits per heavy atom. The van der Waals surface area contributed by atoms with E-state index in [-0.39, 0.29) is 40.4 Å². The van der Waals surface area contributed by atoms with E-state index in [9.17, 15) is 13.0 Å². The van der Waals surface area contributed by atoms with Crippen molar-refractivity contribution in [2.45, 2.75) is 51.6 Å². The van der Waals surface area contributed by atoms with Crippen LogP contribution >= 0.6 is 0 Å². The minimum absolute atomic E-state index is 0. The maximum Gasteiger partial charge on any atom is 1.00 e. The summed E-state index contributed by atoms with van der Waals surface area (Å²) in [6, 6.07) is 49.1. The molecule has 0 fully saturated rings. The van der Waals surface area contributed by atoms with Gasteiger partial charge in [-0.25, -0.2) is 8.42 Å². The maximum atomic E-state index is 11.7.